The van der Waals surface area contributed by atoms with E-state index >= 15 is 0 Å². The van der Waals surface area contributed by atoms with Gasteiger partial charge in [-0.05, 0) is 19.1 Å². The summed E-state index contributed by atoms with van der Waals surface area (Å²) in [5.74, 6) is -0.0138. The van der Waals surface area contributed by atoms with Crippen LogP contribution in [0.4, 0.5) is 5.82 Å². The summed E-state index contributed by atoms with van der Waals surface area (Å²) in [6, 6.07) is 2.92. The van der Waals surface area contributed by atoms with Crippen molar-refractivity contribution in [2.24, 2.45) is 0 Å². The third-order valence-electron chi connectivity index (χ3n) is 2.05. The van der Waals surface area contributed by atoms with E-state index in [2.05, 4.69) is 9.71 Å². The Kier molecular flexibility index (Phi) is 4.22. The minimum Gasteiger partial charge on any atom is -0.383 e. The minimum atomic E-state index is -3.61. The molecule has 0 fully saturated rings. The van der Waals surface area contributed by atoms with E-state index in [4.69, 9.17) is 10.5 Å². The van der Waals surface area contributed by atoms with Crippen LogP contribution in [-0.4, -0.2) is 33.2 Å². The number of ether oxygens (including phenoxy) is 1. The van der Waals surface area contributed by atoms with E-state index in [1.807, 2.05) is 0 Å². The number of pyridine rings is 1. The molecule has 0 amide bonds. The second-order valence-electron chi connectivity index (χ2n) is 3.28. The van der Waals surface area contributed by atoms with Crippen molar-refractivity contribution in [2.75, 3.05) is 19.4 Å². The van der Waals surface area contributed by atoms with E-state index in [-0.39, 0.29) is 23.4 Å². The van der Waals surface area contributed by atoms with Gasteiger partial charge >= 0.3 is 0 Å². The molecule has 1 rings (SSSR count). The molecule has 0 aromatic carbocycles. The maximum Gasteiger partial charge on any atom is 0.244 e. The molecule has 1 unspecified atom stereocenters. The molecule has 0 spiro atoms. The fourth-order valence-electron chi connectivity index (χ4n) is 1.02. The summed E-state index contributed by atoms with van der Waals surface area (Å²) in [5.41, 5.74) is 5.48. The molecule has 0 radical (unpaired) electrons. The minimum absolute atomic E-state index is 0.0138. The molecule has 0 saturated heterocycles. The molecule has 90 valence electrons. The number of nitrogens with one attached hydrogen (secondary N) is 1. The normalized spacial score (nSPS) is 13.6. The third kappa shape index (κ3) is 3.16. The lowest BCUT2D eigenvalue weighted by atomic mass is 10.4. The molecule has 7 heteroatoms. The SMILES string of the molecule is COC(C)CNS(=O)(=O)c1cccnc1N. The van der Waals surface area contributed by atoms with E-state index in [0.717, 1.165) is 0 Å². The first kappa shape index (κ1) is 12.9. The highest BCUT2D eigenvalue weighted by Gasteiger charge is 2.18. The molecule has 1 heterocycles. The van der Waals surface area contributed by atoms with Gasteiger partial charge in [0, 0.05) is 19.9 Å². The molecule has 3 N–H and O–H groups in total. The highest BCUT2D eigenvalue weighted by atomic mass is 32.2. The molecule has 0 aliphatic carbocycles. The number of hydrogen-bond acceptors (Lipinski definition) is 5. The summed E-state index contributed by atoms with van der Waals surface area (Å²) >= 11 is 0. The van der Waals surface area contributed by atoms with E-state index in [0.29, 0.717) is 0 Å². The van der Waals surface area contributed by atoms with Crippen LogP contribution in [0.5, 0.6) is 0 Å². The molecule has 1 aromatic rings. The van der Waals surface area contributed by atoms with Gasteiger partial charge in [-0.3, -0.25) is 0 Å². The van der Waals surface area contributed by atoms with Gasteiger partial charge in [0.15, 0.2) is 0 Å². The van der Waals surface area contributed by atoms with E-state index in [1.165, 1.54) is 25.4 Å². The molecule has 1 aromatic heterocycles. The number of nitrogens with two attached hydrogens (primary N) is 1. The van der Waals surface area contributed by atoms with Crippen LogP contribution in [0.1, 0.15) is 6.92 Å². The first-order valence-electron chi connectivity index (χ1n) is 4.70. The molecule has 16 heavy (non-hydrogen) atoms. The van der Waals surface area contributed by atoms with E-state index < -0.39 is 10.0 Å². The van der Waals surface area contributed by atoms with Crippen LogP contribution >= 0.6 is 0 Å². The van der Waals surface area contributed by atoms with Crippen molar-refractivity contribution in [3.63, 3.8) is 0 Å². The maximum atomic E-state index is 11.8. The summed E-state index contributed by atoms with van der Waals surface area (Å²) in [7, 11) is -2.10. The first-order chi connectivity index (χ1) is 7.47. The second-order valence-corrected chi connectivity index (χ2v) is 5.02. The van der Waals surface area contributed by atoms with E-state index in [1.54, 1.807) is 6.92 Å². The van der Waals surface area contributed by atoms with Gasteiger partial charge in [0.2, 0.25) is 10.0 Å². The standard InChI is InChI=1S/C9H15N3O3S/c1-7(15-2)6-12-16(13,14)8-4-3-5-11-9(8)10/h3-5,7,12H,6H2,1-2H3,(H2,10,11). The molecule has 0 aliphatic heterocycles. The zero-order chi connectivity index (χ0) is 12.2. The third-order valence-corrected chi connectivity index (χ3v) is 3.52. The Morgan fingerprint density at radius 2 is 2.31 bits per heavy atom. The van der Waals surface area contributed by atoms with Crippen molar-refractivity contribution in [3.8, 4) is 0 Å². The highest BCUT2D eigenvalue weighted by Crippen LogP contribution is 2.13. The number of hydrogen-bond donors (Lipinski definition) is 2. The van der Waals surface area contributed by atoms with Crippen molar-refractivity contribution in [2.45, 2.75) is 17.9 Å². The zero-order valence-corrected chi connectivity index (χ0v) is 9.99. The molecular weight excluding hydrogens is 230 g/mol. The van der Waals surface area contributed by atoms with Crippen LogP contribution in [0, 0.1) is 0 Å². The van der Waals surface area contributed by atoms with Crippen LogP contribution in [0.3, 0.4) is 0 Å². The number of rotatable bonds is 5. The van der Waals surface area contributed by atoms with Crippen molar-refractivity contribution in [1.29, 1.82) is 0 Å². The van der Waals surface area contributed by atoms with Crippen LogP contribution in [0.15, 0.2) is 23.2 Å². The van der Waals surface area contributed by atoms with Crippen LogP contribution in [0.2, 0.25) is 0 Å². The largest absolute Gasteiger partial charge is 0.383 e. The van der Waals surface area contributed by atoms with Crippen LogP contribution < -0.4 is 10.5 Å². The Labute approximate surface area is 94.9 Å². The van der Waals surface area contributed by atoms with Gasteiger partial charge in [0.1, 0.15) is 10.7 Å². The molecule has 0 bridgehead atoms. The van der Waals surface area contributed by atoms with Crippen LogP contribution in [-0.2, 0) is 14.8 Å². The smallest absolute Gasteiger partial charge is 0.244 e. The lowest BCUT2D eigenvalue weighted by Crippen LogP contribution is -2.32. The fraction of sp³-hybridized carbons (Fsp3) is 0.444. The number of nitrogens with zero attached hydrogens (tertiary/aromatic N) is 1. The highest BCUT2D eigenvalue weighted by molar-refractivity contribution is 7.89. The zero-order valence-electron chi connectivity index (χ0n) is 9.17. The number of sulfonamides is 1. The maximum absolute atomic E-state index is 11.8. The Hall–Kier alpha value is -1.18. The monoisotopic (exact) mass is 245 g/mol. The van der Waals surface area contributed by atoms with Crippen molar-refractivity contribution >= 4 is 15.8 Å². The number of aromatic nitrogens is 1. The van der Waals surface area contributed by atoms with Crippen LogP contribution in [0.25, 0.3) is 0 Å². The average molecular weight is 245 g/mol. The Bertz CT molecular complexity index is 447. The van der Waals surface area contributed by atoms with Gasteiger partial charge in [-0.15, -0.1) is 0 Å². The van der Waals surface area contributed by atoms with Gasteiger partial charge in [-0.2, -0.15) is 0 Å². The molecule has 0 saturated carbocycles. The number of nitrogen functional groups attached to an aromatic ring is 1. The number of methoxy groups -OCH3 is 1. The first-order valence-corrected chi connectivity index (χ1v) is 6.18. The second kappa shape index (κ2) is 5.24. The predicted molar refractivity (Wildman–Crippen MR) is 60.3 cm³/mol. The molecule has 1 atom stereocenters. The molecule has 0 aliphatic rings. The van der Waals surface area contributed by atoms with Gasteiger partial charge < -0.3 is 10.5 Å². The van der Waals surface area contributed by atoms with Crippen molar-refractivity contribution < 1.29 is 13.2 Å². The molecule has 6 nitrogen and oxygen atoms in total. The lowest BCUT2D eigenvalue weighted by Gasteiger charge is -2.11. The predicted octanol–water partition coefficient (Wildman–Crippen LogP) is -0.0230. The van der Waals surface area contributed by atoms with E-state index in [9.17, 15) is 8.42 Å². The summed E-state index contributed by atoms with van der Waals surface area (Å²) < 4.78 is 30.9. The number of anilines is 1. The van der Waals surface area contributed by atoms with Crippen molar-refractivity contribution in [1.82, 2.24) is 9.71 Å². The Morgan fingerprint density at radius 1 is 1.62 bits per heavy atom. The van der Waals surface area contributed by atoms with Gasteiger partial charge in [0.05, 0.1) is 6.10 Å². The quantitative estimate of drug-likeness (QED) is 0.760. The molecular formula is C9H15N3O3S. The summed E-state index contributed by atoms with van der Waals surface area (Å²) in [4.78, 5) is 3.70. The Morgan fingerprint density at radius 3 is 2.88 bits per heavy atom. The summed E-state index contributed by atoms with van der Waals surface area (Å²) in [6.07, 6.45) is 1.24. The Balaban J connectivity index is 2.83. The lowest BCUT2D eigenvalue weighted by molar-refractivity contribution is 0.122. The van der Waals surface area contributed by atoms with Crippen molar-refractivity contribution in [3.05, 3.63) is 18.3 Å². The fourth-order valence-corrected chi connectivity index (χ4v) is 2.21. The topological polar surface area (TPSA) is 94.3 Å². The van der Waals surface area contributed by atoms with Gasteiger partial charge in [-0.25, -0.2) is 18.1 Å². The average Bonchev–Trinajstić information content (AvgIpc) is 2.26. The van der Waals surface area contributed by atoms with Gasteiger partial charge in [-0.1, -0.05) is 0 Å². The summed E-state index contributed by atoms with van der Waals surface area (Å²) in [6.45, 7) is 1.95. The summed E-state index contributed by atoms with van der Waals surface area (Å²) in [5, 5.41) is 0. The van der Waals surface area contributed by atoms with Gasteiger partial charge in [0.25, 0.3) is 0 Å².